The third kappa shape index (κ3) is 8.24. The number of benzene rings is 3. The summed E-state index contributed by atoms with van der Waals surface area (Å²) in [5.74, 6) is -10.1. The first-order chi connectivity index (χ1) is 25.4. The van der Waals surface area contributed by atoms with Gasteiger partial charge >= 0.3 is 38.5 Å². The number of urea groups is 1. The Balaban J connectivity index is 1.28. The lowest BCUT2D eigenvalue weighted by Gasteiger charge is -2.34. The molecule has 0 radical (unpaired) electrons. The van der Waals surface area contributed by atoms with E-state index in [0.717, 1.165) is 47.4 Å². The smallest absolute Gasteiger partial charge is 0.534 e. The molecule has 0 aliphatic carbocycles. The van der Waals surface area contributed by atoms with Crippen molar-refractivity contribution in [3.8, 4) is 17.2 Å². The Hall–Kier alpha value is -5.73. The number of hydrogen-bond acceptors (Lipinski definition) is 11. The summed E-state index contributed by atoms with van der Waals surface area (Å²) in [6.07, 6.45) is -0.263. The van der Waals surface area contributed by atoms with Crippen molar-refractivity contribution >= 4 is 67.2 Å². The molecule has 6 amide bonds. The third-order valence-electron chi connectivity index (χ3n) is 8.41. The lowest BCUT2D eigenvalue weighted by atomic mass is 9.72. The molecule has 284 valence electrons. The van der Waals surface area contributed by atoms with Crippen molar-refractivity contribution in [2.45, 2.75) is 18.4 Å². The molecule has 1 saturated heterocycles. The fourth-order valence-electron chi connectivity index (χ4n) is 5.60. The number of phenolic OH excluding ortho intramolecular Hbond substituents is 2. The number of halogens is 2. The molecular formula is C31H29BClFN5O14P. The number of carboxylic acid groups (broad SMARTS) is 1. The Bertz CT molecular complexity index is 2100. The molecule has 0 saturated carbocycles. The van der Waals surface area contributed by atoms with Crippen molar-refractivity contribution in [2.75, 3.05) is 26.2 Å². The van der Waals surface area contributed by atoms with Crippen molar-refractivity contribution in [1.29, 1.82) is 0 Å². The molecule has 2 aliphatic heterocycles. The van der Waals surface area contributed by atoms with E-state index in [9.17, 15) is 67.9 Å². The monoisotopic (exact) mass is 791 g/mol. The van der Waals surface area contributed by atoms with E-state index in [1.165, 1.54) is 6.07 Å². The SMILES string of the molecule is O=C(NCCN1CCN(C(=O)NC(C(=O)NC2Cc3ccc(F)c(C(=O)O)c3OB2O)c2ccc(P(=O)(O)O)cc2)C(=O)C1=O)c1ccc(O)c(O)c1Cl. The van der Waals surface area contributed by atoms with Crippen LogP contribution in [-0.4, -0.2) is 115 Å². The number of piperazine rings is 1. The van der Waals surface area contributed by atoms with E-state index in [2.05, 4.69) is 16.0 Å². The van der Waals surface area contributed by atoms with E-state index in [0.29, 0.717) is 4.90 Å². The highest BCUT2D eigenvalue weighted by Gasteiger charge is 2.42. The molecule has 19 nitrogen and oxygen atoms in total. The summed E-state index contributed by atoms with van der Waals surface area (Å²) in [7, 11) is -6.64. The summed E-state index contributed by atoms with van der Waals surface area (Å²) in [6.45, 7) is -0.961. The number of nitrogens with zero attached hydrogens (tertiary/aromatic N) is 2. The second kappa shape index (κ2) is 15.7. The maximum Gasteiger partial charge on any atom is 0.547 e. The Morgan fingerprint density at radius 3 is 2.35 bits per heavy atom. The minimum atomic E-state index is -4.73. The van der Waals surface area contributed by atoms with Gasteiger partial charge in [-0.15, -0.1) is 0 Å². The third-order valence-corrected chi connectivity index (χ3v) is 9.76. The molecule has 0 spiro atoms. The van der Waals surface area contributed by atoms with Crippen LogP contribution in [0.15, 0.2) is 48.5 Å². The number of carboxylic acids is 1. The molecule has 9 N–H and O–H groups in total. The molecule has 2 heterocycles. The van der Waals surface area contributed by atoms with Gasteiger partial charge in [-0.25, -0.2) is 14.0 Å². The zero-order valence-electron chi connectivity index (χ0n) is 27.4. The van der Waals surface area contributed by atoms with Crippen LogP contribution in [0, 0.1) is 5.82 Å². The maximum absolute atomic E-state index is 14.2. The van der Waals surface area contributed by atoms with Crippen molar-refractivity contribution in [3.05, 3.63) is 81.6 Å². The molecule has 2 aliphatic rings. The van der Waals surface area contributed by atoms with Gasteiger partial charge in [0.15, 0.2) is 11.5 Å². The molecule has 23 heteroatoms. The Labute approximate surface area is 308 Å². The summed E-state index contributed by atoms with van der Waals surface area (Å²) in [5, 5.41) is 45.6. The molecule has 54 heavy (non-hydrogen) atoms. The first-order valence-electron chi connectivity index (χ1n) is 15.6. The predicted molar refractivity (Wildman–Crippen MR) is 182 cm³/mol. The minimum Gasteiger partial charge on any atom is -0.534 e. The lowest BCUT2D eigenvalue weighted by molar-refractivity contribution is -0.153. The van der Waals surface area contributed by atoms with Gasteiger partial charge in [-0.05, 0) is 47.9 Å². The number of hydrogen-bond donors (Lipinski definition) is 9. The van der Waals surface area contributed by atoms with E-state index in [-0.39, 0.29) is 49.3 Å². The Kier molecular flexibility index (Phi) is 11.5. The van der Waals surface area contributed by atoms with Crippen molar-refractivity contribution in [1.82, 2.24) is 25.8 Å². The number of aromatic hydroxyl groups is 2. The lowest BCUT2D eigenvalue weighted by Crippen LogP contribution is -2.60. The number of aromatic carboxylic acids is 1. The maximum atomic E-state index is 14.2. The predicted octanol–water partition coefficient (Wildman–Crippen LogP) is -0.617. The number of carbonyl (C=O) groups excluding carboxylic acids is 5. The summed E-state index contributed by atoms with van der Waals surface area (Å²) >= 11 is 5.90. The normalized spacial score (nSPS) is 16.2. The molecule has 0 bridgehead atoms. The van der Waals surface area contributed by atoms with Gasteiger partial charge in [0.25, 0.3) is 5.91 Å². The quantitative estimate of drug-likeness (QED) is 0.0536. The summed E-state index contributed by atoms with van der Waals surface area (Å²) < 4.78 is 31.2. The molecule has 2 unspecified atom stereocenters. The molecule has 3 aromatic carbocycles. The highest BCUT2D eigenvalue weighted by atomic mass is 35.5. The molecular weight excluding hydrogens is 763 g/mol. The highest BCUT2D eigenvalue weighted by molar-refractivity contribution is 7.60. The van der Waals surface area contributed by atoms with Crippen LogP contribution in [0.4, 0.5) is 9.18 Å². The van der Waals surface area contributed by atoms with Gasteiger partial charge in [0.1, 0.15) is 23.2 Å². The van der Waals surface area contributed by atoms with Gasteiger partial charge in [0.2, 0.25) is 5.91 Å². The average Bonchev–Trinajstić information content (AvgIpc) is 3.11. The number of nitrogens with one attached hydrogen (secondary N) is 3. The van der Waals surface area contributed by atoms with Gasteiger partial charge in [0, 0.05) is 26.2 Å². The summed E-state index contributed by atoms with van der Waals surface area (Å²) in [4.78, 5) is 97.7. The van der Waals surface area contributed by atoms with Crippen LogP contribution in [0.3, 0.4) is 0 Å². The Morgan fingerprint density at radius 2 is 1.70 bits per heavy atom. The highest BCUT2D eigenvalue weighted by Crippen LogP contribution is 2.36. The number of imide groups is 1. The van der Waals surface area contributed by atoms with Crippen LogP contribution < -0.4 is 25.9 Å². The minimum absolute atomic E-state index is 0.0601. The van der Waals surface area contributed by atoms with Crippen molar-refractivity contribution in [2.24, 2.45) is 0 Å². The number of carbonyl (C=O) groups is 6. The summed E-state index contributed by atoms with van der Waals surface area (Å²) in [6, 6.07) is 5.50. The fourth-order valence-corrected chi connectivity index (χ4v) is 6.38. The van der Waals surface area contributed by atoms with E-state index >= 15 is 0 Å². The zero-order valence-corrected chi connectivity index (χ0v) is 29.1. The second-order valence-corrected chi connectivity index (χ2v) is 13.8. The molecule has 2 atom stereocenters. The van der Waals surface area contributed by atoms with E-state index in [4.69, 9.17) is 16.3 Å². The van der Waals surface area contributed by atoms with Crippen molar-refractivity contribution in [3.63, 3.8) is 0 Å². The van der Waals surface area contributed by atoms with Crippen LogP contribution in [-0.2, 0) is 25.4 Å². The summed E-state index contributed by atoms with van der Waals surface area (Å²) in [5.41, 5.74) is -0.962. The first-order valence-corrected chi connectivity index (χ1v) is 17.6. The van der Waals surface area contributed by atoms with Gasteiger partial charge in [0.05, 0.1) is 21.8 Å². The van der Waals surface area contributed by atoms with E-state index < -0.39 is 101 Å². The first kappa shape index (κ1) is 39.5. The van der Waals surface area contributed by atoms with Crippen LogP contribution in [0.1, 0.15) is 37.9 Å². The molecule has 3 aromatic rings. The van der Waals surface area contributed by atoms with Crippen LogP contribution in [0.2, 0.25) is 5.02 Å². The Morgan fingerprint density at radius 1 is 1.02 bits per heavy atom. The van der Waals surface area contributed by atoms with E-state index in [1.807, 2.05) is 0 Å². The van der Waals surface area contributed by atoms with Crippen molar-refractivity contribution < 1.29 is 72.5 Å². The van der Waals surface area contributed by atoms with Gasteiger partial charge < -0.3 is 55.6 Å². The second-order valence-electron chi connectivity index (χ2n) is 11.9. The number of fused-ring (bicyclic) bond motifs is 1. The van der Waals surface area contributed by atoms with Crippen LogP contribution in [0.25, 0.3) is 0 Å². The van der Waals surface area contributed by atoms with E-state index in [1.54, 1.807) is 0 Å². The zero-order chi connectivity index (χ0) is 39.6. The topological polar surface area (TPSA) is 293 Å². The fraction of sp³-hybridized carbons (Fsp3) is 0.226. The molecule has 0 aromatic heterocycles. The molecule has 1 fully saturated rings. The number of amides is 6. The largest absolute Gasteiger partial charge is 0.547 e. The number of phenols is 2. The standard InChI is InChI=1S/C31H29BClFN5O14P/c33-22-17(6-8-19(40)24(22)41)26(42)35-9-10-38-11-12-39(29(45)28(38)44)31(48)37-23(14-1-4-16(5-2-14)54(50,51)52)27(43)36-20-13-15-3-7-18(34)21(30(46)47)25(15)53-32(20)49/h1-8,20,23,40-41,49H,9-13H2,(H,35,42)(H,36,43)(H,37,48)(H,46,47)(H2,50,51,52). The van der Waals surface area contributed by atoms with Crippen LogP contribution >= 0.6 is 19.2 Å². The van der Waals surface area contributed by atoms with Gasteiger partial charge in [-0.2, -0.15) is 0 Å². The molecule has 5 rings (SSSR count). The average molecular weight is 792 g/mol. The number of rotatable bonds is 10. The van der Waals surface area contributed by atoms with Crippen LogP contribution in [0.5, 0.6) is 17.2 Å². The van der Waals surface area contributed by atoms with Gasteiger partial charge in [-0.3, -0.25) is 28.6 Å². The van der Waals surface area contributed by atoms with Gasteiger partial charge in [-0.1, -0.05) is 29.8 Å².